The molecule has 8 heteroatoms. The first-order chi connectivity index (χ1) is 9.04. The number of nitrogens with zero attached hydrogens (tertiary/aromatic N) is 4. The van der Waals surface area contributed by atoms with Crippen molar-refractivity contribution in [1.82, 2.24) is 20.2 Å². The molecule has 0 amide bonds. The van der Waals surface area contributed by atoms with Crippen molar-refractivity contribution in [3.05, 3.63) is 34.3 Å². The van der Waals surface area contributed by atoms with E-state index in [9.17, 15) is 9.50 Å². The van der Waals surface area contributed by atoms with Crippen LogP contribution in [0.2, 0.25) is 0 Å². The smallest absolute Gasteiger partial charge is 0.148 e. The molecule has 0 aliphatic heterocycles. The second-order valence-electron chi connectivity index (χ2n) is 3.98. The molecule has 1 heterocycles. The van der Waals surface area contributed by atoms with Gasteiger partial charge >= 0.3 is 0 Å². The first-order valence-corrected chi connectivity index (χ1v) is 6.33. The van der Waals surface area contributed by atoms with Crippen LogP contribution in [0.15, 0.2) is 22.7 Å². The summed E-state index contributed by atoms with van der Waals surface area (Å²) in [5.74, 6) is 0.544. The fourth-order valence-electron chi connectivity index (χ4n) is 1.47. The van der Waals surface area contributed by atoms with Crippen LogP contribution in [0.25, 0.3) is 0 Å². The summed E-state index contributed by atoms with van der Waals surface area (Å²) in [4.78, 5) is 0. The van der Waals surface area contributed by atoms with Crippen molar-refractivity contribution in [2.75, 3.05) is 6.61 Å². The summed E-state index contributed by atoms with van der Waals surface area (Å²) in [6, 6.07) is 4.20. The molecule has 0 radical (unpaired) electrons. The number of benzene rings is 1. The number of rotatable bonds is 5. The number of hydrogen-bond acceptors (Lipinski definition) is 5. The zero-order chi connectivity index (χ0) is 13.8. The largest absolute Gasteiger partial charge is 0.491 e. The predicted molar refractivity (Wildman–Crippen MR) is 68.2 cm³/mol. The van der Waals surface area contributed by atoms with Gasteiger partial charge < -0.3 is 9.84 Å². The Morgan fingerprint density at radius 1 is 1.47 bits per heavy atom. The summed E-state index contributed by atoms with van der Waals surface area (Å²) in [5.41, 5.74) is 0. The third kappa shape index (κ3) is 3.97. The summed E-state index contributed by atoms with van der Waals surface area (Å²) < 4.78 is 20.5. The molecule has 0 bridgehead atoms. The van der Waals surface area contributed by atoms with Gasteiger partial charge in [-0.15, -0.1) is 5.10 Å². The number of aromatic nitrogens is 4. The zero-order valence-electron chi connectivity index (χ0n) is 10.1. The summed E-state index contributed by atoms with van der Waals surface area (Å²) in [6.07, 6.45) is -0.788. The Morgan fingerprint density at radius 2 is 2.26 bits per heavy atom. The van der Waals surface area contributed by atoms with E-state index in [1.807, 2.05) is 0 Å². The lowest BCUT2D eigenvalue weighted by molar-refractivity contribution is 0.0880. The van der Waals surface area contributed by atoms with E-state index in [2.05, 4.69) is 31.5 Å². The molecule has 0 unspecified atom stereocenters. The second-order valence-corrected chi connectivity index (χ2v) is 4.89. The van der Waals surface area contributed by atoms with Crippen LogP contribution in [0.4, 0.5) is 4.39 Å². The van der Waals surface area contributed by atoms with Gasteiger partial charge in [0.25, 0.3) is 0 Å². The molecule has 1 atom stereocenters. The molecular weight excluding hydrogens is 319 g/mol. The highest BCUT2D eigenvalue weighted by molar-refractivity contribution is 9.10. The first kappa shape index (κ1) is 13.9. The zero-order valence-corrected chi connectivity index (χ0v) is 11.7. The quantitative estimate of drug-likeness (QED) is 0.895. The number of halogens is 2. The summed E-state index contributed by atoms with van der Waals surface area (Å²) in [7, 11) is 0. The molecule has 0 aliphatic rings. The van der Waals surface area contributed by atoms with Crippen LogP contribution in [-0.2, 0) is 6.54 Å². The van der Waals surface area contributed by atoms with Crippen LogP contribution >= 0.6 is 15.9 Å². The molecule has 0 spiro atoms. The molecule has 0 aliphatic carbocycles. The van der Waals surface area contributed by atoms with Gasteiger partial charge in [0.2, 0.25) is 0 Å². The predicted octanol–water partition coefficient (Wildman–Crippen LogP) is 1.32. The van der Waals surface area contributed by atoms with Crippen molar-refractivity contribution in [3.63, 3.8) is 0 Å². The van der Waals surface area contributed by atoms with Gasteiger partial charge in [0.1, 0.15) is 30.1 Å². The lowest BCUT2D eigenvalue weighted by Crippen LogP contribution is -2.24. The molecule has 2 aromatic rings. The molecule has 0 fully saturated rings. The number of tetrazole rings is 1. The second kappa shape index (κ2) is 6.07. The Kier molecular flexibility index (Phi) is 4.43. The van der Waals surface area contributed by atoms with E-state index in [0.29, 0.717) is 16.0 Å². The van der Waals surface area contributed by atoms with E-state index in [1.165, 1.54) is 16.8 Å². The number of aliphatic hydroxyl groups excluding tert-OH is 1. The third-order valence-electron chi connectivity index (χ3n) is 2.37. The Morgan fingerprint density at radius 3 is 2.89 bits per heavy atom. The van der Waals surface area contributed by atoms with Crippen molar-refractivity contribution in [2.45, 2.75) is 19.6 Å². The van der Waals surface area contributed by atoms with Gasteiger partial charge in [0.15, 0.2) is 0 Å². The average molecular weight is 331 g/mol. The van der Waals surface area contributed by atoms with Gasteiger partial charge in [-0.05, 0) is 29.5 Å². The fourth-order valence-corrected chi connectivity index (χ4v) is 1.92. The summed E-state index contributed by atoms with van der Waals surface area (Å²) in [6.45, 7) is 1.97. The van der Waals surface area contributed by atoms with Crippen LogP contribution < -0.4 is 4.74 Å². The van der Waals surface area contributed by atoms with Gasteiger partial charge in [-0.3, -0.25) is 0 Å². The molecule has 1 N–H and O–H groups in total. The number of aryl methyl sites for hydroxylation is 1. The monoisotopic (exact) mass is 330 g/mol. The van der Waals surface area contributed by atoms with E-state index < -0.39 is 11.9 Å². The topological polar surface area (TPSA) is 73.1 Å². The molecule has 1 aromatic carbocycles. The van der Waals surface area contributed by atoms with Crippen molar-refractivity contribution in [2.24, 2.45) is 0 Å². The SMILES string of the molecule is Cc1nnnn1C[C@@H](O)COc1cc(F)cc(Br)c1. The Balaban J connectivity index is 1.89. The Labute approximate surface area is 117 Å². The molecule has 102 valence electrons. The van der Waals surface area contributed by atoms with Crippen molar-refractivity contribution >= 4 is 15.9 Å². The third-order valence-corrected chi connectivity index (χ3v) is 2.83. The lowest BCUT2D eigenvalue weighted by atomic mass is 10.3. The van der Waals surface area contributed by atoms with E-state index >= 15 is 0 Å². The van der Waals surface area contributed by atoms with Crippen LogP contribution in [-0.4, -0.2) is 38.0 Å². The Bertz CT molecular complexity index is 543. The first-order valence-electron chi connectivity index (χ1n) is 5.54. The molecule has 0 saturated heterocycles. The van der Waals surface area contributed by atoms with Crippen molar-refractivity contribution < 1.29 is 14.2 Å². The van der Waals surface area contributed by atoms with E-state index in [4.69, 9.17) is 4.74 Å². The molecule has 2 rings (SSSR count). The van der Waals surface area contributed by atoms with Crippen LogP contribution in [0.5, 0.6) is 5.75 Å². The number of ether oxygens (including phenoxy) is 1. The van der Waals surface area contributed by atoms with Crippen molar-refractivity contribution in [3.8, 4) is 5.75 Å². The lowest BCUT2D eigenvalue weighted by Gasteiger charge is -2.12. The minimum Gasteiger partial charge on any atom is -0.491 e. The maximum Gasteiger partial charge on any atom is 0.148 e. The molecule has 6 nitrogen and oxygen atoms in total. The molecule has 0 saturated carbocycles. The highest BCUT2D eigenvalue weighted by Gasteiger charge is 2.10. The highest BCUT2D eigenvalue weighted by Crippen LogP contribution is 2.20. The van der Waals surface area contributed by atoms with Gasteiger partial charge in [-0.25, -0.2) is 9.07 Å². The number of hydrogen-bond donors (Lipinski definition) is 1. The summed E-state index contributed by atoms with van der Waals surface area (Å²) >= 11 is 3.16. The van der Waals surface area contributed by atoms with Gasteiger partial charge in [-0.2, -0.15) is 0 Å². The van der Waals surface area contributed by atoms with Gasteiger partial charge in [0, 0.05) is 10.5 Å². The van der Waals surface area contributed by atoms with E-state index in [-0.39, 0.29) is 13.2 Å². The average Bonchev–Trinajstić information content (AvgIpc) is 2.71. The van der Waals surface area contributed by atoms with E-state index in [0.717, 1.165) is 0 Å². The minimum atomic E-state index is -0.788. The maximum atomic E-state index is 13.1. The minimum absolute atomic E-state index is 0.0230. The van der Waals surface area contributed by atoms with Crippen LogP contribution in [0.1, 0.15) is 5.82 Å². The normalized spacial score (nSPS) is 12.4. The Hall–Kier alpha value is -1.54. The summed E-state index contributed by atoms with van der Waals surface area (Å²) in [5, 5.41) is 20.7. The van der Waals surface area contributed by atoms with E-state index in [1.54, 1.807) is 13.0 Å². The van der Waals surface area contributed by atoms with Gasteiger partial charge in [-0.1, -0.05) is 15.9 Å². The standard InChI is InChI=1S/C11H12BrFN4O2/c1-7-14-15-16-17(7)5-10(18)6-19-11-3-8(12)2-9(13)4-11/h2-4,10,18H,5-6H2,1H3/t10-/m1/s1. The molecular formula is C11H12BrFN4O2. The van der Waals surface area contributed by atoms with Crippen LogP contribution in [0, 0.1) is 12.7 Å². The maximum absolute atomic E-state index is 13.1. The number of aliphatic hydroxyl groups is 1. The van der Waals surface area contributed by atoms with Crippen LogP contribution in [0.3, 0.4) is 0 Å². The molecule has 19 heavy (non-hydrogen) atoms. The van der Waals surface area contributed by atoms with Crippen molar-refractivity contribution in [1.29, 1.82) is 0 Å². The fraction of sp³-hybridized carbons (Fsp3) is 0.364. The highest BCUT2D eigenvalue weighted by atomic mass is 79.9. The van der Waals surface area contributed by atoms with Gasteiger partial charge in [0.05, 0.1) is 6.54 Å². The molecule has 1 aromatic heterocycles.